The molecule has 0 unspecified atom stereocenters. The van der Waals surface area contributed by atoms with Crippen LogP contribution in [0.25, 0.3) is 59.8 Å². The van der Waals surface area contributed by atoms with Crippen LogP contribution in [-0.2, 0) is 32.5 Å². The van der Waals surface area contributed by atoms with E-state index in [9.17, 15) is 2.74 Å². The van der Waals surface area contributed by atoms with E-state index < -0.39 is 0 Å². The summed E-state index contributed by atoms with van der Waals surface area (Å²) in [4.78, 5) is 2.64. The molecule has 1 N–H and O–H groups in total. The molecule has 0 spiro atoms. The molecule has 2 aromatic heterocycles. The van der Waals surface area contributed by atoms with Gasteiger partial charge in [0, 0.05) is 59.6 Å². The average Bonchev–Trinajstić information content (AvgIpc) is 1.73. The number of nitrogens with one attached hydrogen (secondary N) is 1. The molecule has 2 aliphatic heterocycles. The lowest BCUT2D eigenvalue weighted by molar-refractivity contribution is 0.332. The van der Waals surface area contributed by atoms with Crippen LogP contribution < -0.4 is 25.9 Å². The van der Waals surface area contributed by atoms with Crippen molar-refractivity contribution in [2.45, 2.75) is 161 Å². The maximum absolute atomic E-state index is 9.69. The molecule has 10 aromatic rings. The summed E-state index contributed by atoms with van der Waals surface area (Å²) in [6, 6.07) is 42.7. The van der Waals surface area contributed by atoms with Crippen LogP contribution in [0, 0.1) is 6.92 Å². The van der Waals surface area contributed by atoms with Gasteiger partial charge in [0.25, 0.3) is 6.71 Å². The summed E-state index contributed by atoms with van der Waals surface area (Å²) in [5.41, 5.74) is 22.8. The first kappa shape index (κ1) is 44.9. The maximum atomic E-state index is 9.69. The highest BCUT2D eigenvalue weighted by Crippen LogP contribution is 2.56. The van der Waals surface area contributed by atoms with Crippen LogP contribution in [0.1, 0.15) is 167 Å². The third-order valence-corrected chi connectivity index (χ3v) is 22.0. The highest BCUT2D eigenvalue weighted by molar-refractivity contribution is 7.33. The van der Waals surface area contributed by atoms with Crippen molar-refractivity contribution in [2.24, 2.45) is 0 Å². The van der Waals surface area contributed by atoms with Gasteiger partial charge in [-0.1, -0.05) is 162 Å². The number of hydrogen-bond acceptors (Lipinski definition) is 3. The molecule has 0 saturated heterocycles. The minimum absolute atomic E-state index is 0.00739. The van der Waals surface area contributed by atoms with Gasteiger partial charge in [-0.05, 0) is 211 Å². The van der Waals surface area contributed by atoms with E-state index >= 15 is 0 Å². The standard InChI is InChI=1S/C75H76BN3S/c1-44-37-63-66-67(65(44)51-41-56-55(72(6,7)33-34-73(56,8)9)40-50(51)45-21-15-14-16-22-45)77-60-39-47(78-61-25-19-17-23-48(61)49-24-18-20-26-62(49)78)28-30-59(60)76(66)69-68(52-42-57-58(43-64(52)80-69)75(12,13)36-35-74(57,10)11)79(63)46-27-29-53-54(38-46)71(4,5)32-31-70(53,2)3/h14-30,37-43,77H,31-36H2,1-13H3/i14D,15D,16D,21D,22D. The highest BCUT2D eigenvalue weighted by Gasteiger charge is 2.48. The zero-order valence-corrected chi connectivity index (χ0v) is 49.9. The van der Waals surface area contributed by atoms with E-state index in [2.05, 4.69) is 220 Å². The van der Waals surface area contributed by atoms with Crippen LogP contribution >= 0.6 is 11.3 Å². The number of hydrogen-bond donors (Lipinski definition) is 1. The van der Waals surface area contributed by atoms with Gasteiger partial charge in [0.1, 0.15) is 0 Å². The second-order valence-corrected chi connectivity index (χ2v) is 29.7. The molecule has 3 aliphatic carbocycles. The Labute approximate surface area is 486 Å². The van der Waals surface area contributed by atoms with Gasteiger partial charge in [-0.3, -0.25) is 0 Å². The third kappa shape index (κ3) is 7.10. The maximum Gasteiger partial charge on any atom is 0.264 e. The Bertz CT molecular complexity index is 4550. The fourth-order valence-electron chi connectivity index (χ4n) is 15.7. The van der Waals surface area contributed by atoms with Gasteiger partial charge in [-0.15, -0.1) is 11.3 Å². The number of aromatic nitrogens is 1. The first-order valence-electron chi connectivity index (χ1n) is 32.0. The Balaban J connectivity index is 1.09. The molecule has 80 heavy (non-hydrogen) atoms. The van der Waals surface area contributed by atoms with E-state index in [1.165, 1.54) is 75.6 Å². The highest BCUT2D eigenvalue weighted by atomic mass is 32.1. The zero-order valence-electron chi connectivity index (χ0n) is 54.1. The van der Waals surface area contributed by atoms with E-state index in [0.717, 1.165) is 94.7 Å². The summed E-state index contributed by atoms with van der Waals surface area (Å²) < 4.78 is 51.4. The minimum atomic E-state index is -0.388. The number of anilines is 5. The summed E-state index contributed by atoms with van der Waals surface area (Å²) in [6.07, 6.45) is 6.45. The number of aryl methyl sites for hydroxylation is 1. The van der Waals surface area contributed by atoms with Crippen LogP contribution in [-0.4, -0.2) is 11.3 Å². The van der Waals surface area contributed by atoms with Crippen molar-refractivity contribution in [3.63, 3.8) is 0 Å². The first-order chi connectivity index (χ1) is 40.1. The molecule has 0 fully saturated rings. The van der Waals surface area contributed by atoms with Gasteiger partial charge in [0.05, 0.1) is 23.6 Å². The molecule has 0 bridgehead atoms. The van der Waals surface area contributed by atoms with Crippen molar-refractivity contribution in [1.82, 2.24) is 4.57 Å². The predicted molar refractivity (Wildman–Crippen MR) is 347 cm³/mol. The SMILES string of the molecule is [2H]c1c([2H])c([2H])c(-c2cc3c(cc2-c2c(C)cc4c5c2Nc2cc(-n6c7ccccc7c7ccccc76)ccc2B5c2sc5cc6c(cc5c2N4c2ccc4c(c2)C(C)(C)CCC4(C)C)C(C)(C)CCC6(C)C)C(C)(C)CCC3(C)C)c([2H])c1[2H]. The minimum Gasteiger partial charge on any atom is -0.356 e. The number of benzene rings is 8. The number of fused-ring (bicyclic) bond motifs is 12. The van der Waals surface area contributed by atoms with Crippen LogP contribution in [0.3, 0.4) is 0 Å². The molecule has 0 amide bonds. The zero-order chi connectivity index (χ0) is 59.7. The molecule has 5 aliphatic rings. The van der Waals surface area contributed by atoms with E-state index in [-0.39, 0.29) is 75.0 Å². The topological polar surface area (TPSA) is 20.2 Å². The largest absolute Gasteiger partial charge is 0.356 e. The quantitative estimate of drug-likeness (QED) is 0.177. The van der Waals surface area contributed by atoms with Gasteiger partial charge in [0.2, 0.25) is 0 Å². The number of nitrogens with zero attached hydrogens (tertiary/aromatic N) is 2. The molecule has 400 valence electrons. The Morgan fingerprint density at radius 1 is 0.512 bits per heavy atom. The van der Waals surface area contributed by atoms with Gasteiger partial charge in [-0.2, -0.15) is 0 Å². The van der Waals surface area contributed by atoms with E-state index in [0.29, 0.717) is 5.56 Å². The van der Waals surface area contributed by atoms with Crippen molar-refractivity contribution < 1.29 is 6.85 Å². The van der Waals surface area contributed by atoms with Crippen molar-refractivity contribution in [3.8, 4) is 27.9 Å². The predicted octanol–water partition coefficient (Wildman–Crippen LogP) is 19.0. The average molecular weight is 1070 g/mol. The van der Waals surface area contributed by atoms with Crippen molar-refractivity contribution in [1.29, 1.82) is 0 Å². The second-order valence-electron chi connectivity index (χ2n) is 28.6. The number of thiophene rings is 1. The Kier molecular flexibility index (Phi) is 9.34. The fraction of sp³-hybridized carbons (Fsp3) is 0.333. The van der Waals surface area contributed by atoms with Crippen molar-refractivity contribution in [3.05, 3.63) is 184 Å². The monoisotopic (exact) mass is 1070 g/mol. The molecular weight excluding hydrogens is 986 g/mol. The molecule has 3 nitrogen and oxygen atoms in total. The third-order valence-electron chi connectivity index (χ3n) is 20.8. The molecule has 4 heterocycles. The molecule has 5 heteroatoms. The molecule has 0 atom stereocenters. The lowest BCUT2D eigenvalue weighted by Crippen LogP contribution is -2.59. The Hall–Kier alpha value is -6.82. The summed E-state index contributed by atoms with van der Waals surface area (Å²) in [5.74, 6) is 0. The van der Waals surface area contributed by atoms with Crippen LogP contribution in [0.5, 0.6) is 0 Å². The summed E-state index contributed by atoms with van der Waals surface area (Å²) in [5, 5.41) is 8.00. The normalized spacial score (nSPS) is 20.0. The lowest BCUT2D eigenvalue weighted by Gasteiger charge is -2.44. The molecule has 15 rings (SSSR count). The molecule has 8 aromatic carbocycles. The molecule has 0 radical (unpaired) electrons. The summed E-state index contributed by atoms with van der Waals surface area (Å²) in [7, 11) is 0. The van der Waals surface area contributed by atoms with E-state index in [1.807, 2.05) is 11.3 Å². The van der Waals surface area contributed by atoms with Crippen molar-refractivity contribution >= 4 is 94.1 Å². The smallest absolute Gasteiger partial charge is 0.264 e. The van der Waals surface area contributed by atoms with Crippen LogP contribution in [0.2, 0.25) is 0 Å². The van der Waals surface area contributed by atoms with E-state index in [4.69, 9.17) is 4.11 Å². The van der Waals surface area contributed by atoms with Gasteiger partial charge >= 0.3 is 0 Å². The second kappa shape index (κ2) is 16.7. The summed E-state index contributed by atoms with van der Waals surface area (Å²) >= 11 is 1.96. The molecular formula is C75H76BN3S. The molecule has 0 saturated carbocycles. The Morgan fingerprint density at radius 2 is 1.04 bits per heavy atom. The summed E-state index contributed by atoms with van der Waals surface area (Å²) in [6.45, 7) is 30.8. The number of para-hydroxylation sites is 2. The number of rotatable bonds is 4. The lowest BCUT2D eigenvalue weighted by atomic mass is 9.36. The first-order valence-corrected chi connectivity index (χ1v) is 30.3. The Morgan fingerprint density at radius 3 is 1.65 bits per heavy atom. The van der Waals surface area contributed by atoms with Gasteiger partial charge in [0.15, 0.2) is 0 Å². The van der Waals surface area contributed by atoms with E-state index in [1.54, 1.807) is 0 Å². The van der Waals surface area contributed by atoms with Gasteiger partial charge < -0.3 is 14.8 Å². The van der Waals surface area contributed by atoms with Crippen LogP contribution in [0.4, 0.5) is 28.4 Å². The van der Waals surface area contributed by atoms with Gasteiger partial charge in [-0.25, -0.2) is 0 Å². The fourth-order valence-corrected chi connectivity index (χ4v) is 17.0. The van der Waals surface area contributed by atoms with Crippen molar-refractivity contribution in [2.75, 3.05) is 10.2 Å². The van der Waals surface area contributed by atoms with Crippen LogP contribution in [0.15, 0.2) is 145 Å².